The fourth-order valence-electron chi connectivity index (χ4n) is 1.67. The van der Waals surface area contributed by atoms with Gasteiger partial charge in [-0.3, -0.25) is 9.69 Å². The minimum Gasteiger partial charge on any atom is -0.480 e. The zero-order chi connectivity index (χ0) is 12.0. The van der Waals surface area contributed by atoms with Crippen molar-refractivity contribution in [2.75, 3.05) is 19.6 Å². The molecule has 0 radical (unpaired) electrons. The van der Waals surface area contributed by atoms with Gasteiger partial charge in [-0.1, -0.05) is 27.7 Å². The van der Waals surface area contributed by atoms with E-state index in [4.69, 9.17) is 10.8 Å². The van der Waals surface area contributed by atoms with Gasteiger partial charge in [-0.05, 0) is 11.8 Å². The van der Waals surface area contributed by atoms with E-state index >= 15 is 0 Å². The minimum atomic E-state index is -0.821. The van der Waals surface area contributed by atoms with E-state index in [1.807, 2.05) is 4.90 Å². The lowest BCUT2D eigenvalue weighted by Gasteiger charge is -2.30. The molecule has 0 aliphatic rings. The molecule has 0 amide bonds. The topological polar surface area (TPSA) is 66.6 Å². The maximum atomic E-state index is 11.0. The lowest BCUT2D eigenvalue weighted by Crippen LogP contribution is -2.48. The van der Waals surface area contributed by atoms with Crippen LogP contribution in [0.4, 0.5) is 0 Å². The third-order valence-corrected chi connectivity index (χ3v) is 2.15. The van der Waals surface area contributed by atoms with Crippen molar-refractivity contribution in [3.8, 4) is 0 Å². The normalized spacial score (nSPS) is 13.9. The summed E-state index contributed by atoms with van der Waals surface area (Å²) in [4.78, 5) is 13.0. The van der Waals surface area contributed by atoms with E-state index in [1.54, 1.807) is 0 Å². The number of nitrogens with two attached hydrogens (primary N) is 1. The third-order valence-electron chi connectivity index (χ3n) is 2.15. The number of carboxylic acid groups (broad SMARTS) is 1. The molecular weight excluding hydrogens is 192 g/mol. The molecule has 0 aromatic rings. The average molecular weight is 216 g/mol. The first-order chi connectivity index (χ1) is 6.88. The van der Waals surface area contributed by atoms with Gasteiger partial charge in [0.25, 0.3) is 0 Å². The van der Waals surface area contributed by atoms with Crippen LogP contribution in [0, 0.1) is 11.8 Å². The Kier molecular flexibility index (Phi) is 6.52. The predicted molar refractivity (Wildman–Crippen MR) is 61.7 cm³/mol. The van der Waals surface area contributed by atoms with Gasteiger partial charge < -0.3 is 10.8 Å². The predicted octanol–water partition coefficient (Wildman–Crippen LogP) is 1.01. The quantitative estimate of drug-likeness (QED) is 0.666. The molecule has 0 aliphatic carbocycles. The Balaban J connectivity index is 4.50. The summed E-state index contributed by atoms with van der Waals surface area (Å²) in [5, 5.41) is 9.05. The molecule has 4 nitrogen and oxygen atoms in total. The molecule has 0 aromatic carbocycles. The molecule has 1 unspecified atom stereocenters. The third kappa shape index (κ3) is 5.74. The highest BCUT2D eigenvalue weighted by Crippen LogP contribution is 2.08. The maximum absolute atomic E-state index is 11.0. The van der Waals surface area contributed by atoms with Gasteiger partial charge in [-0.25, -0.2) is 0 Å². The van der Waals surface area contributed by atoms with Gasteiger partial charge in [0.05, 0.1) is 0 Å². The molecule has 0 aliphatic heterocycles. The van der Waals surface area contributed by atoms with Crippen LogP contribution in [0.2, 0.25) is 0 Å². The summed E-state index contributed by atoms with van der Waals surface area (Å²) in [6, 6.07) is -0.546. The van der Waals surface area contributed by atoms with Crippen LogP contribution in [-0.4, -0.2) is 41.7 Å². The van der Waals surface area contributed by atoms with Gasteiger partial charge in [-0.2, -0.15) is 0 Å². The van der Waals surface area contributed by atoms with E-state index in [1.165, 1.54) is 0 Å². The summed E-state index contributed by atoms with van der Waals surface area (Å²) in [6.45, 7) is 10.1. The highest BCUT2D eigenvalue weighted by molar-refractivity contribution is 5.73. The molecule has 90 valence electrons. The first kappa shape index (κ1) is 14.4. The van der Waals surface area contributed by atoms with E-state index in [0.717, 1.165) is 13.1 Å². The average Bonchev–Trinajstić information content (AvgIpc) is 2.01. The van der Waals surface area contributed by atoms with Crippen LogP contribution in [0.15, 0.2) is 0 Å². The molecule has 0 fully saturated rings. The lowest BCUT2D eigenvalue weighted by atomic mass is 10.1. The van der Waals surface area contributed by atoms with Crippen LogP contribution >= 0.6 is 0 Å². The number of rotatable bonds is 7. The van der Waals surface area contributed by atoms with Crippen LogP contribution in [0.1, 0.15) is 27.7 Å². The van der Waals surface area contributed by atoms with Crippen LogP contribution in [0.3, 0.4) is 0 Å². The second kappa shape index (κ2) is 6.80. The summed E-state index contributed by atoms with van der Waals surface area (Å²) in [6.07, 6.45) is 0. The van der Waals surface area contributed by atoms with Crippen LogP contribution in [0.25, 0.3) is 0 Å². The number of carboxylic acids is 1. The number of hydrogen-bond acceptors (Lipinski definition) is 3. The Morgan fingerprint density at radius 1 is 1.20 bits per heavy atom. The lowest BCUT2D eigenvalue weighted by molar-refractivity contribution is -0.143. The number of nitrogens with zero attached hydrogens (tertiary/aromatic N) is 1. The maximum Gasteiger partial charge on any atom is 0.322 e. The molecule has 0 rings (SSSR count). The van der Waals surface area contributed by atoms with E-state index in [0.29, 0.717) is 11.8 Å². The highest BCUT2D eigenvalue weighted by Gasteiger charge is 2.24. The number of aliphatic carboxylic acids is 1. The Labute approximate surface area is 92.4 Å². The van der Waals surface area contributed by atoms with Crippen LogP contribution in [0.5, 0.6) is 0 Å². The van der Waals surface area contributed by atoms with Crippen molar-refractivity contribution in [3.05, 3.63) is 0 Å². The van der Waals surface area contributed by atoms with Crippen molar-refractivity contribution in [3.63, 3.8) is 0 Å². The summed E-state index contributed by atoms with van der Waals surface area (Å²) < 4.78 is 0. The van der Waals surface area contributed by atoms with Crippen molar-refractivity contribution >= 4 is 5.97 Å². The molecule has 15 heavy (non-hydrogen) atoms. The summed E-state index contributed by atoms with van der Waals surface area (Å²) in [5.41, 5.74) is 5.50. The van der Waals surface area contributed by atoms with Gasteiger partial charge in [0.1, 0.15) is 6.04 Å². The van der Waals surface area contributed by atoms with Crippen molar-refractivity contribution in [2.24, 2.45) is 17.6 Å². The molecule has 0 bridgehead atoms. The van der Waals surface area contributed by atoms with Crippen molar-refractivity contribution in [1.29, 1.82) is 0 Å². The van der Waals surface area contributed by atoms with Gasteiger partial charge in [-0.15, -0.1) is 0 Å². The van der Waals surface area contributed by atoms with Crippen LogP contribution in [-0.2, 0) is 4.79 Å². The molecule has 3 N–H and O–H groups in total. The van der Waals surface area contributed by atoms with Gasteiger partial charge in [0.2, 0.25) is 0 Å². The summed E-state index contributed by atoms with van der Waals surface area (Å²) >= 11 is 0. The number of hydrogen-bond donors (Lipinski definition) is 2. The Bertz CT molecular complexity index is 183. The number of carbonyl (C=O) groups is 1. The van der Waals surface area contributed by atoms with Crippen molar-refractivity contribution in [2.45, 2.75) is 33.7 Å². The second-order valence-corrected chi connectivity index (χ2v) is 4.83. The summed E-state index contributed by atoms with van der Waals surface area (Å²) in [7, 11) is 0. The standard InChI is InChI=1S/C11H24N2O2/c1-8(2)6-13(7-9(3)4)10(5-12)11(14)15/h8-10H,5-7,12H2,1-4H3,(H,14,15). The fourth-order valence-corrected chi connectivity index (χ4v) is 1.67. The first-order valence-electron chi connectivity index (χ1n) is 5.55. The van der Waals surface area contributed by atoms with Crippen molar-refractivity contribution < 1.29 is 9.90 Å². The molecule has 4 heteroatoms. The Hall–Kier alpha value is -0.610. The van der Waals surface area contributed by atoms with Crippen molar-refractivity contribution in [1.82, 2.24) is 4.90 Å². The Morgan fingerprint density at radius 2 is 1.60 bits per heavy atom. The minimum absolute atomic E-state index is 0.175. The van der Waals surface area contributed by atoms with Gasteiger partial charge in [0.15, 0.2) is 0 Å². The molecule has 0 spiro atoms. The fraction of sp³-hybridized carbons (Fsp3) is 0.909. The Morgan fingerprint density at radius 3 is 1.80 bits per heavy atom. The molecular formula is C11H24N2O2. The monoisotopic (exact) mass is 216 g/mol. The van der Waals surface area contributed by atoms with E-state index < -0.39 is 12.0 Å². The molecule has 0 heterocycles. The smallest absolute Gasteiger partial charge is 0.322 e. The van der Waals surface area contributed by atoms with E-state index in [2.05, 4.69) is 27.7 Å². The SMILES string of the molecule is CC(C)CN(CC(C)C)C(CN)C(=O)O. The molecule has 0 saturated heterocycles. The molecule has 0 saturated carbocycles. The van der Waals surface area contributed by atoms with Crippen LogP contribution < -0.4 is 5.73 Å². The van der Waals surface area contributed by atoms with E-state index in [9.17, 15) is 4.79 Å². The van der Waals surface area contributed by atoms with Gasteiger partial charge >= 0.3 is 5.97 Å². The first-order valence-corrected chi connectivity index (χ1v) is 5.55. The highest BCUT2D eigenvalue weighted by atomic mass is 16.4. The second-order valence-electron chi connectivity index (χ2n) is 4.83. The summed E-state index contributed by atoms with van der Waals surface area (Å²) in [5.74, 6) is 0.0908. The largest absolute Gasteiger partial charge is 0.480 e. The zero-order valence-electron chi connectivity index (χ0n) is 10.2. The zero-order valence-corrected chi connectivity index (χ0v) is 10.2. The van der Waals surface area contributed by atoms with E-state index in [-0.39, 0.29) is 6.54 Å². The molecule has 1 atom stereocenters. The molecule has 0 aromatic heterocycles. The van der Waals surface area contributed by atoms with Gasteiger partial charge in [0, 0.05) is 19.6 Å².